The fourth-order valence-corrected chi connectivity index (χ4v) is 4.65. The molecule has 0 radical (unpaired) electrons. The topological polar surface area (TPSA) is 96.0 Å². The summed E-state index contributed by atoms with van der Waals surface area (Å²) in [5.41, 5.74) is 3.12. The van der Waals surface area contributed by atoms with E-state index in [1.54, 1.807) is 31.4 Å². The van der Waals surface area contributed by atoms with Gasteiger partial charge in [0.15, 0.2) is 0 Å². The Labute approximate surface area is 215 Å². The Morgan fingerprint density at radius 2 is 1.75 bits per heavy atom. The van der Waals surface area contributed by atoms with Crippen molar-refractivity contribution in [2.75, 3.05) is 30.8 Å². The fraction of sp³-hybridized carbons (Fsp3) is 0.481. The molecule has 1 atom stereocenters. The molecule has 1 unspecified atom stereocenters. The van der Waals surface area contributed by atoms with Crippen molar-refractivity contribution in [3.63, 3.8) is 0 Å². The summed E-state index contributed by atoms with van der Waals surface area (Å²) < 4.78 is 31.9. The van der Waals surface area contributed by atoms with Crippen LogP contribution in [-0.4, -0.2) is 57.6 Å². The molecule has 0 fully saturated rings. The fourth-order valence-electron chi connectivity index (χ4n) is 3.80. The lowest BCUT2D eigenvalue weighted by Crippen LogP contribution is -2.52. The molecular formula is C27H39N3O5S. The molecule has 0 bridgehead atoms. The molecule has 0 heterocycles. The smallest absolute Gasteiger partial charge is 0.244 e. The number of hydrogen-bond donors (Lipinski definition) is 1. The van der Waals surface area contributed by atoms with Crippen molar-refractivity contribution < 1.29 is 22.7 Å². The van der Waals surface area contributed by atoms with Crippen molar-refractivity contribution in [2.24, 2.45) is 5.92 Å². The van der Waals surface area contributed by atoms with Gasteiger partial charge in [0.05, 0.1) is 19.1 Å². The van der Waals surface area contributed by atoms with Gasteiger partial charge in [0, 0.05) is 13.1 Å². The van der Waals surface area contributed by atoms with E-state index in [1.807, 2.05) is 52.8 Å². The highest BCUT2D eigenvalue weighted by molar-refractivity contribution is 7.92. The maximum absolute atomic E-state index is 13.7. The Morgan fingerprint density at radius 3 is 2.31 bits per heavy atom. The van der Waals surface area contributed by atoms with Gasteiger partial charge in [-0.2, -0.15) is 0 Å². The predicted molar refractivity (Wildman–Crippen MR) is 144 cm³/mol. The van der Waals surface area contributed by atoms with E-state index >= 15 is 0 Å². The predicted octanol–water partition coefficient (Wildman–Crippen LogP) is 3.66. The normalized spacial score (nSPS) is 12.2. The van der Waals surface area contributed by atoms with Crippen LogP contribution >= 0.6 is 0 Å². The summed E-state index contributed by atoms with van der Waals surface area (Å²) in [6, 6.07) is 11.8. The quantitative estimate of drug-likeness (QED) is 0.464. The molecule has 2 amide bonds. The highest BCUT2D eigenvalue weighted by Gasteiger charge is 2.31. The van der Waals surface area contributed by atoms with Gasteiger partial charge >= 0.3 is 0 Å². The number of rotatable bonds is 12. The number of nitrogens with zero attached hydrogens (tertiary/aromatic N) is 2. The first kappa shape index (κ1) is 29.2. The summed E-state index contributed by atoms with van der Waals surface area (Å²) in [6.45, 7) is 9.85. The molecule has 36 heavy (non-hydrogen) atoms. The van der Waals surface area contributed by atoms with Crippen LogP contribution < -0.4 is 14.4 Å². The number of carbonyl (C=O) groups is 2. The van der Waals surface area contributed by atoms with Crippen LogP contribution in [0.3, 0.4) is 0 Å². The van der Waals surface area contributed by atoms with Crippen LogP contribution in [0.4, 0.5) is 5.69 Å². The molecule has 198 valence electrons. The second-order valence-corrected chi connectivity index (χ2v) is 11.4. The standard InChI is InChI=1S/C27H39N3O5S/c1-8-25(27(32)28-16-19(2)3)29(17-22-10-9-11-24(15-22)35-6)26(31)18-30(36(7,33)34)23-13-12-20(4)21(5)14-23/h9-15,19,25H,8,16-18H2,1-7H3,(H,28,32). The van der Waals surface area contributed by atoms with E-state index < -0.39 is 28.5 Å². The third kappa shape index (κ3) is 7.98. The molecule has 0 aliphatic heterocycles. The van der Waals surface area contributed by atoms with Crippen molar-refractivity contribution >= 4 is 27.5 Å². The summed E-state index contributed by atoms with van der Waals surface area (Å²) in [5.74, 6) is 0.150. The molecule has 8 nitrogen and oxygen atoms in total. The monoisotopic (exact) mass is 517 g/mol. The first-order valence-electron chi connectivity index (χ1n) is 12.1. The lowest BCUT2D eigenvalue weighted by atomic mass is 10.1. The molecule has 0 saturated carbocycles. The summed E-state index contributed by atoms with van der Waals surface area (Å²) in [6.07, 6.45) is 1.46. The molecule has 0 spiro atoms. The van der Waals surface area contributed by atoms with E-state index in [4.69, 9.17) is 4.74 Å². The minimum atomic E-state index is -3.77. The number of aryl methyl sites for hydroxylation is 2. The van der Waals surface area contributed by atoms with Gasteiger partial charge in [0.2, 0.25) is 21.8 Å². The van der Waals surface area contributed by atoms with Crippen LogP contribution in [0.2, 0.25) is 0 Å². The van der Waals surface area contributed by atoms with Gasteiger partial charge < -0.3 is 15.0 Å². The molecule has 9 heteroatoms. The summed E-state index contributed by atoms with van der Waals surface area (Å²) >= 11 is 0. The largest absolute Gasteiger partial charge is 0.497 e. The molecule has 0 aromatic heterocycles. The molecule has 2 aromatic carbocycles. The molecule has 1 N–H and O–H groups in total. The maximum Gasteiger partial charge on any atom is 0.244 e. The molecule has 2 aromatic rings. The Morgan fingerprint density at radius 1 is 1.06 bits per heavy atom. The second-order valence-electron chi connectivity index (χ2n) is 9.47. The van der Waals surface area contributed by atoms with E-state index in [9.17, 15) is 18.0 Å². The van der Waals surface area contributed by atoms with Crippen molar-refractivity contribution in [3.8, 4) is 5.75 Å². The number of ether oxygens (including phenoxy) is 1. The van der Waals surface area contributed by atoms with Gasteiger partial charge in [-0.15, -0.1) is 0 Å². The molecule has 0 aliphatic rings. The second kappa shape index (κ2) is 12.8. The van der Waals surface area contributed by atoms with E-state index in [-0.39, 0.29) is 18.4 Å². The van der Waals surface area contributed by atoms with Crippen LogP contribution in [0, 0.1) is 19.8 Å². The first-order valence-corrected chi connectivity index (χ1v) is 14.0. The van der Waals surface area contributed by atoms with Gasteiger partial charge in [-0.3, -0.25) is 13.9 Å². The minimum absolute atomic E-state index is 0.133. The van der Waals surface area contributed by atoms with Gasteiger partial charge in [-0.25, -0.2) is 8.42 Å². The SMILES string of the molecule is CCC(C(=O)NCC(C)C)N(Cc1cccc(OC)c1)C(=O)CN(c1ccc(C)c(C)c1)S(C)(=O)=O. The van der Waals surface area contributed by atoms with Gasteiger partial charge in [0.1, 0.15) is 18.3 Å². The number of nitrogens with one attached hydrogen (secondary N) is 1. The zero-order valence-electron chi connectivity index (χ0n) is 22.4. The number of anilines is 1. The molecule has 0 aliphatic carbocycles. The average Bonchev–Trinajstić information content (AvgIpc) is 2.82. The van der Waals surface area contributed by atoms with Gasteiger partial charge in [-0.05, 0) is 67.1 Å². The summed E-state index contributed by atoms with van der Waals surface area (Å²) in [4.78, 5) is 28.3. The Kier molecular flexibility index (Phi) is 10.3. The van der Waals surface area contributed by atoms with Crippen molar-refractivity contribution in [2.45, 2.75) is 53.6 Å². The highest BCUT2D eigenvalue weighted by Crippen LogP contribution is 2.23. The van der Waals surface area contributed by atoms with E-state index in [0.717, 1.165) is 27.3 Å². The maximum atomic E-state index is 13.7. The highest BCUT2D eigenvalue weighted by atomic mass is 32.2. The minimum Gasteiger partial charge on any atom is -0.497 e. The van der Waals surface area contributed by atoms with Gasteiger partial charge in [-0.1, -0.05) is 39.0 Å². The van der Waals surface area contributed by atoms with E-state index in [0.29, 0.717) is 24.4 Å². The molecular weight excluding hydrogens is 478 g/mol. The third-order valence-corrected chi connectivity index (χ3v) is 7.16. The molecule has 2 rings (SSSR count). The number of methoxy groups -OCH3 is 1. The number of sulfonamides is 1. The van der Waals surface area contributed by atoms with Crippen LogP contribution in [0.5, 0.6) is 5.75 Å². The van der Waals surface area contributed by atoms with Crippen molar-refractivity contribution in [1.29, 1.82) is 0 Å². The van der Waals surface area contributed by atoms with E-state index in [1.165, 1.54) is 4.90 Å². The third-order valence-electron chi connectivity index (χ3n) is 6.02. The van der Waals surface area contributed by atoms with Gasteiger partial charge in [0.25, 0.3) is 0 Å². The van der Waals surface area contributed by atoms with Crippen LogP contribution in [-0.2, 0) is 26.2 Å². The zero-order chi connectivity index (χ0) is 27.0. The lowest BCUT2D eigenvalue weighted by Gasteiger charge is -2.33. The van der Waals surface area contributed by atoms with Crippen molar-refractivity contribution in [3.05, 3.63) is 59.2 Å². The number of hydrogen-bond acceptors (Lipinski definition) is 5. The number of benzene rings is 2. The molecule has 0 saturated heterocycles. The average molecular weight is 518 g/mol. The Bertz CT molecular complexity index is 1160. The number of carbonyl (C=O) groups excluding carboxylic acids is 2. The number of amides is 2. The first-order chi connectivity index (χ1) is 16.9. The van der Waals surface area contributed by atoms with Crippen LogP contribution in [0.1, 0.15) is 43.9 Å². The summed E-state index contributed by atoms with van der Waals surface area (Å²) in [7, 11) is -2.21. The summed E-state index contributed by atoms with van der Waals surface area (Å²) in [5, 5.41) is 2.92. The van der Waals surface area contributed by atoms with Crippen LogP contribution in [0.15, 0.2) is 42.5 Å². The lowest BCUT2D eigenvalue weighted by molar-refractivity contribution is -0.140. The van der Waals surface area contributed by atoms with Crippen LogP contribution in [0.25, 0.3) is 0 Å². The zero-order valence-corrected chi connectivity index (χ0v) is 23.2. The van der Waals surface area contributed by atoms with E-state index in [2.05, 4.69) is 5.32 Å². The Balaban J connectivity index is 2.46. The Hall–Kier alpha value is -3.07. The van der Waals surface area contributed by atoms with Crippen molar-refractivity contribution in [1.82, 2.24) is 10.2 Å².